The summed E-state index contributed by atoms with van der Waals surface area (Å²) in [5.74, 6) is 0. The smallest absolute Gasteiger partial charge is 1.00 e. The zero-order valence-electron chi connectivity index (χ0n) is 7.13. The first-order valence-electron chi connectivity index (χ1n) is 3.31. The number of unbranched alkanes of at least 4 members (excludes halogenated alkanes) is 3. The summed E-state index contributed by atoms with van der Waals surface area (Å²) in [4.78, 5) is 1.50. The van der Waals surface area contributed by atoms with Gasteiger partial charge in [0.05, 0.1) is 0 Å². The Morgan fingerprint density at radius 1 is 1.20 bits per heavy atom. The van der Waals surface area contributed by atoms with Crippen LogP contribution < -0.4 is 51.4 Å². The second kappa shape index (κ2) is 22.4. The molecular formula is C7H14FeKN. The van der Waals surface area contributed by atoms with Gasteiger partial charge in [0, 0.05) is 0 Å². The van der Waals surface area contributed by atoms with Crippen molar-refractivity contribution in [1.82, 2.24) is 0 Å². The average Bonchev–Trinajstić information content (AvgIpc) is 1.86. The van der Waals surface area contributed by atoms with Crippen molar-refractivity contribution < 1.29 is 67.4 Å². The Balaban J connectivity index is -0.000000107. The van der Waals surface area contributed by atoms with Gasteiger partial charge in [0.25, 0.3) is 0 Å². The van der Waals surface area contributed by atoms with Crippen LogP contribution >= 0.6 is 0 Å². The molecule has 0 aromatic rings. The van der Waals surface area contributed by atoms with Crippen LogP contribution in [0.5, 0.6) is 0 Å². The number of hydrogen-bond acceptors (Lipinski definition) is 1. The van der Waals surface area contributed by atoms with Gasteiger partial charge in [0.15, 0.2) is 0 Å². The van der Waals surface area contributed by atoms with Crippen LogP contribution in [0.1, 0.15) is 39.5 Å². The molecule has 56 valence electrons. The van der Waals surface area contributed by atoms with Gasteiger partial charge in [-0.3, -0.25) is 0 Å². The molecule has 0 aliphatic carbocycles. The van der Waals surface area contributed by atoms with Gasteiger partial charge in [0.1, 0.15) is 0 Å². The molecule has 0 aromatic carbocycles. The molecule has 0 heterocycles. The summed E-state index contributed by atoms with van der Waals surface area (Å²) in [6, 6.07) is 0. The van der Waals surface area contributed by atoms with Crippen molar-refractivity contribution in [2.24, 2.45) is 0 Å². The second-order valence-electron chi connectivity index (χ2n) is 1.79. The van der Waals surface area contributed by atoms with E-state index < -0.39 is 0 Å². The molecule has 0 unspecified atom stereocenters. The van der Waals surface area contributed by atoms with Gasteiger partial charge in [-0.1, -0.05) is 39.5 Å². The van der Waals surface area contributed by atoms with Gasteiger partial charge in [-0.2, -0.15) is 0 Å². The van der Waals surface area contributed by atoms with E-state index in [9.17, 15) is 0 Å². The predicted octanol–water partition coefficient (Wildman–Crippen LogP) is -0.395. The van der Waals surface area contributed by atoms with Crippen molar-refractivity contribution in [3.05, 3.63) is 0 Å². The molecule has 0 N–H and O–H groups in total. The summed E-state index contributed by atoms with van der Waals surface area (Å²) in [6.07, 6.45) is 5.54. The van der Waals surface area contributed by atoms with E-state index in [0.29, 0.717) is 0 Å². The van der Waals surface area contributed by atoms with Crippen LogP contribution in [-0.4, -0.2) is 0 Å². The van der Waals surface area contributed by atoms with Crippen LogP contribution in [0.2, 0.25) is 0 Å². The van der Waals surface area contributed by atoms with E-state index in [1.54, 1.807) is 0 Å². The zero-order valence-corrected chi connectivity index (χ0v) is 11.4. The average molecular weight is 207 g/mol. The first-order chi connectivity index (χ1) is 4.33. The van der Waals surface area contributed by atoms with Crippen LogP contribution in [0.15, 0.2) is 0 Å². The van der Waals surface area contributed by atoms with Crippen LogP contribution in [0.3, 0.4) is 0 Å². The van der Waals surface area contributed by atoms with Gasteiger partial charge < -0.3 is 0 Å². The fourth-order valence-corrected chi connectivity index (χ4v) is 0.500. The molecule has 0 radical (unpaired) electrons. The van der Waals surface area contributed by atoms with Gasteiger partial charge >= 0.3 is 77.6 Å². The number of hydrogen-bond donors (Lipinski definition) is 0. The summed E-state index contributed by atoms with van der Waals surface area (Å²) >= 11 is 2.79. The standard InChI is InChI=1S/C6H14.CN.Fe.K/c1-3-5-6-4-2;1-2;;/h3-6H2,1-2H3;;;/q;;-1;+1. The summed E-state index contributed by atoms with van der Waals surface area (Å²) < 4.78 is 0. The van der Waals surface area contributed by atoms with E-state index in [2.05, 4.69) is 29.9 Å². The van der Waals surface area contributed by atoms with Gasteiger partial charge in [-0.25, -0.2) is 0 Å². The minimum Gasteiger partial charge on any atom is 1.00 e. The molecule has 0 aliphatic rings. The Labute approximate surface area is 115 Å². The van der Waals surface area contributed by atoms with Crippen molar-refractivity contribution in [2.45, 2.75) is 39.5 Å². The SMILES string of the molecule is CCCCCC.N#[C][Fe-].[K+]. The molecule has 0 fully saturated rings. The van der Waals surface area contributed by atoms with E-state index in [-0.39, 0.29) is 51.4 Å². The monoisotopic (exact) mass is 207 g/mol. The first kappa shape index (κ1) is 17.7. The molecule has 0 aliphatic heterocycles. The van der Waals surface area contributed by atoms with E-state index in [4.69, 9.17) is 5.26 Å². The van der Waals surface area contributed by atoms with E-state index in [0.717, 1.165) is 0 Å². The molecule has 1 nitrogen and oxygen atoms in total. The maximum absolute atomic E-state index is 7.21. The normalized spacial score (nSPS) is 6.30. The van der Waals surface area contributed by atoms with Crippen LogP contribution in [0, 0.1) is 10.2 Å². The summed E-state index contributed by atoms with van der Waals surface area (Å²) in [6.45, 7) is 4.46. The van der Waals surface area contributed by atoms with Gasteiger partial charge in [0.2, 0.25) is 0 Å². The molecule has 0 spiro atoms. The number of rotatable bonds is 3. The van der Waals surface area contributed by atoms with E-state index in [1.165, 1.54) is 30.7 Å². The van der Waals surface area contributed by atoms with Crippen molar-refractivity contribution >= 4 is 0 Å². The number of nitriles is 1. The van der Waals surface area contributed by atoms with Gasteiger partial charge in [-0.15, -0.1) is 0 Å². The molecular weight excluding hydrogens is 193 g/mol. The first-order valence-corrected chi connectivity index (χ1v) is 3.87. The van der Waals surface area contributed by atoms with Crippen molar-refractivity contribution in [3.63, 3.8) is 0 Å². The minimum absolute atomic E-state index is 0. The molecule has 0 bridgehead atoms. The van der Waals surface area contributed by atoms with Crippen molar-refractivity contribution in [3.8, 4) is 4.97 Å². The molecule has 0 rings (SSSR count). The fourth-order valence-electron chi connectivity index (χ4n) is 0.500. The van der Waals surface area contributed by atoms with Crippen LogP contribution in [0.25, 0.3) is 0 Å². The number of nitrogens with zero attached hydrogens (tertiary/aromatic N) is 1. The molecule has 0 saturated carbocycles. The summed E-state index contributed by atoms with van der Waals surface area (Å²) in [5.41, 5.74) is 0. The molecule has 10 heavy (non-hydrogen) atoms. The van der Waals surface area contributed by atoms with E-state index >= 15 is 0 Å². The van der Waals surface area contributed by atoms with Crippen molar-refractivity contribution in [2.75, 3.05) is 0 Å². The third kappa shape index (κ3) is 33.4. The Morgan fingerprint density at radius 2 is 1.40 bits per heavy atom. The molecule has 0 saturated heterocycles. The van der Waals surface area contributed by atoms with Crippen LogP contribution in [-0.2, 0) is 16.0 Å². The Bertz CT molecular complexity index is 66.5. The topological polar surface area (TPSA) is 23.8 Å². The molecule has 0 aromatic heterocycles. The summed E-state index contributed by atoms with van der Waals surface area (Å²) in [5, 5.41) is 7.21. The summed E-state index contributed by atoms with van der Waals surface area (Å²) in [7, 11) is 0. The van der Waals surface area contributed by atoms with Crippen LogP contribution in [0.4, 0.5) is 0 Å². The predicted molar refractivity (Wildman–Crippen MR) is 35.4 cm³/mol. The minimum atomic E-state index is 0. The third-order valence-electron chi connectivity index (χ3n) is 0.957. The molecule has 0 atom stereocenters. The largest absolute Gasteiger partial charge is 1.00 e. The molecule has 3 heteroatoms. The Kier molecular flexibility index (Phi) is 39.6. The maximum Gasteiger partial charge on any atom is 1.00 e. The Morgan fingerprint density at radius 3 is 1.50 bits per heavy atom. The maximum atomic E-state index is 7.21. The second-order valence-corrected chi connectivity index (χ2v) is 2.03. The fraction of sp³-hybridized carbons (Fsp3) is 0.857. The van der Waals surface area contributed by atoms with E-state index in [1.807, 2.05) is 0 Å². The molecule has 0 amide bonds. The Hall–Kier alpha value is 1.65. The van der Waals surface area contributed by atoms with Crippen molar-refractivity contribution in [1.29, 1.82) is 5.26 Å². The zero-order chi connectivity index (χ0) is 7.54. The van der Waals surface area contributed by atoms with Gasteiger partial charge in [-0.05, 0) is 0 Å². The third-order valence-corrected chi connectivity index (χ3v) is 0.957. The quantitative estimate of drug-likeness (QED) is 0.456.